The Morgan fingerprint density at radius 1 is 1.50 bits per heavy atom. The van der Waals surface area contributed by atoms with Crippen LogP contribution < -0.4 is 5.32 Å². The second kappa shape index (κ2) is 6.81. The van der Waals surface area contributed by atoms with Gasteiger partial charge in [-0.15, -0.1) is 11.3 Å². The zero-order valence-corrected chi connectivity index (χ0v) is 12.3. The highest BCUT2D eigenvalue weighted by molar-refractivity contribution is 7.11. The van der Waals surface area contributed by atoms with Crippen molar-refractivity contribution in [1.82, 2.24) is 15.2 Å². The van der Waals surface area contributed by atoms with Crippen molar-refractivity contribution in [2.45, 2.75) is 26.3 Å². The Bertz CT molecular complexity index is 481. The Kier molecular flexibility index (Phi) is 5.08. The molecular formula is C13H19N3O3S. The van der Waals surface area contributed by atoms with Gasteiger partial charge in [-0.1, -0.05) is 0 Å². The second-order valence-electron chi connectivity index (χ2n) is 4.94. The van der Waals surface area contributed by atoms with E-state index in [0.717, 1.165) is 9.88 Å². The molecule has 20 heavy (non-hydrogen) atoms. The van der Waals surface area contributed by atoms with Gasteiger partial charge in [0.1, 0.15) is 0 Å². The van der Waals surface area contributed by atoms with Crippen LogP contribution in [-0.4, -0.2) is 46.5 Å². The summed E-state index contributed by atoms with van der Waals surface area (Å²) in [4.78, 5) is 29.8. The molecule has 0 atom stereocenters. The van der Waals surface area contributed by atoms with E-state index in [1.807, 2.05) is 13.1 Å². The number of carboxylic acids is 1. The van der Waals surface area contributed by atoms with Gasteiger partial charge in [-0.3, -0.25) is 9.59 Å². The van der Waals surface area contributed by atoms with Crippen LogP contribution in [0, 0.1) is 12.8 Å². The Hall–Kier alpha value is -1.47. The first-order valence-corrected chi connectivity index (χ1v) is 7.50. The molecule has 0 unspecified atom stereocenters. The third-order valence-electron chi connectivity index (χ3n) is 3.44. The summed E-state index contributed by atoms with van der Waals surface area (Å²) in [6, 6.07) is 0. The number of carbonyl (C=O) groups is 2. The lowest BCUT2D eigenvalue weighted by molar-refractivity contribution is -0.145. The predicted octanol–water partition coefficient (Wildman–Crippen LogP) is 0.864. The van der Waals surface area contributed by atoms with Gasteiger partial charge in [0.2, 0.25) is 5.91 Å². The number of carbonyl (C=O) groups excluding carboxylic acids is 1. The molecule has 1 aromatic rings. The van der Waals surface area contributed by atoms with E-state index in [9.17, 15) is 9.59 Å². The molecule has 0 spiro atoms. The van der Waals surface area contributed by atoms with Crippen LogP contribution in [0.15, 0.2) is 6.20 Å². The van der Waals surface area contributed by atoms with Gasteiger partial charge in [0.25, 0.3) is 0 Å². The van der Waals surface area contributed by atoms with Crippen LogP contribution in [0.1, 0.15) is 22.7 Å². The molecule has 2 rings (SSSR count). The number of amides is 1. The van der Waals surface area contributed by atoms with Gasteiger partial charge in [-0.05, 0) is 19.8 Å². The standard InChI is InChI=1S/C13H19N3O3S/c1-9-15-7-11(20-9)6-14-8-12(17)16-4-2-10(3-5-16)13(18)19/h7,10,14H,2-6,8H2,1H3,(H,18,19). The Labute approximate surface area is 121 Å². The molecule has 0 saturated carbocycles. The topological polar surface area (TPSA) is 82.5 Å². The summed E-state index contributed by atoms with van der Waals surface area (Å²) in [6.45, 7) is 3.96. The lowest BCUT2D eigenvalue weighted by atomic mass is 9.97. The fourth-order valence-electron chi connectivity index (χ4n) is 2.27. The number of rotatable bonds is 5. The van der Waals surface area contributed by atoms with Gasteiger partial charge < -0.3 is 15.3 Å². The third-order valence-corrected chi connectivity index (χ3v) is 4.35. The average molecular weight is 297 g/mol. The molecule has 6 nitrogen and oxygen atoms in total. The number of aliphatic carboxylic acids is 1. The summed E-state index contributed by atoms with van der Waals surface area (Å²) >= 11 is 1.61. The van der Waals surface area contributed by atoms with E-state index >= 15 is 0 Å². The van der Waals surface area contributed by atoms with E-state index < -0.39 is 5.97 Å². The number of likely N-dealkylation sites (tertiary alicyclic amines) is 1. The van der Waals surface area contributed by atoms with Crippen LogP contribution in [0.4, 0.5) is 0 Å². The van der Waals surface area contributed by atoms with Gasteiger partial charge in [0.15, 0.2) is 0 Å². The molecular weight excluding hydrogens is 278 g/mol. The average Bonchev–Trinajstić information content (AvgIpc) is 2.84. The van der Waals surface area contributed by atoms with Gasteiger partial charge in [-0.25, -0.2) is 4.98 Å². The molecule has 2 N–H and O–H groups in total. The summed E-state index contributed by atoms with van der Waals surface area (Å²) in [5, 5.41) is 13.0. The van der Waals surface area contributed by atoms with E-state index in [1.54, 1.807) is 16.2 Å². The quantitative estimate of drug-likeness (QED) is 0.842. The minimum absolute atomic E-state index is 0.0371. The van der Waals surface area contributed by atoms with E-state index in [-0.39, 0.29) is 18.4 Å². The molecule has 110 valence electrons. The molecule has 0 bridgehead atoms. The van der Waals surface area contributed by atoms with Crippen molar-refractivity contribution in [3.05, 3.63) is 16.1 Å². The van der Waals surface area contributed by atoms with Crippen LogP contribution in [0.5, 0.6) is 0 Å². The lowest BCUT2D eigenvalue weighted by Crippen LogP contribution is -2.43. The maximum absolute atomic E-state index is 12.0. The monoisotopic (exact) mass is 297 g/mol. The van der Waals surface area contributed by atoms with Crippen LogP contribution in [0.3, 0.4) is 0 Å². The highest BCUT2D eigenvalue weighted by Gasteiger charge is 2.26. The Morgan fingerprint density at radius 3 is 2.75 bits per heavy atom. The summed E-state index contributed by atoms with van der Waals surface area (Å²) in [6.07, 6.45) is 2.92. The highest BCUT2D eigenvalue weighted by atomic mass is 32.1. The smallest absolute Gasteiger partial charge is 0.306 e. The Balaban J connectivity index is 1.69. The first-order valence-electron chi connectivity index (χ1n) is 6.69. The normalized spacial score (nSPS) is 16.4. The van der Waals surface area contributed by atoms with Crippen molar-refractivity contribution >= 4 is 23.2 Å². The maximum atomic E-state index is 12.0. The number of hydrogen-bond donors (Lipinski definition) is 2. The van der Waals surface area contributed by atoms with Crippen molar-refractivity contribution in [2.75, 3.05) is 19.6 Å². The van der Waals surface area contributed by atoms with Crippen molar-refractivity contribution in [3.63, 3.8) is 0 Å². The van der Waals surface area contributed by atoms with Crippen LogP contribution in [0.2, 0.25) is 0 Å². The maximum Gasteiger partial charge on any atom is 0.306 e. The Morgan fingerprint density at radius 2 is 2.20 bits per heavy atom. The minimum atomic E-state index is -0.754. The molecule has 1 amide bonds. The number of aromatic nitrogens is 1. The first kappa shape index (κ1) is 14.9. The molecule has 1 aliphatic rings. The zero-order valence-electron chi connectivity index (χ0n) is 11.5. The molecule has 1 saturated heterocycles. The van der Waals surface area contributed by atoms with Gasteiger partial charge in [0, 0.05) is 30.7 Å². The minimum Gasteiger partial charge on any atom is -0.481 e. The van der Waals surface area contributed by atoms with Crippen molar-refractivity contribution < 1.29 is 14.7 Å². The number of nitrogens with zero attached hydrogens (tertiary/aromatic N) is 2. The zero-order chi connectivity index (χ0) is 14.5. The highest BCUT2D eigenvalue weighted by Crippen LogP contribution is 2.17. The van der Waals surface area contributed by atoms with E-state index in [1.165, 1.54) is 0 Å². The van der Waals surface area contributed by atoms with Crippen LogP contribution in [0.25, 0.3) is 0 Å². The third kappa shape index (κ3) is 4.01. The number of hydrogen-bond acceptors (Lipinski definition) is 5. The number of piperidine rings is 1. The van der Waals surface area contributed by atoms with Crippen LogP contribution >= 0.6 is 11.3 Å². The molecule has 1 aliphatic heterocycles. The number of aryl methyl sites for hydroxylation is 1. The molecule has 0 aliphatic carbocycles. The van der Waals surface area contributed by atoms with Crippen molar-refractivity contribution in [3.8, 4) is 0 Å². The molecule has 0 radical (unpaired) electrons. The largest absolute Gasteiger partial charge is 0.481 e. The number of thiazole rings is 1. The summed E-state index contributed by atoms with van der Waals surface area (Å²) in [5.74, 6) is -1.02. The van der Waals surface area contributed by atoms with Crippen LogP contribution in [-0.2, 0) is 16.1 Å². The SMILES string of the molecule is Cc1ncc(CNCC(=O)N2CCC(C(=O)O)CC2)s1. The van der Waals surface area contributed by atoms with Gasteiger partial charge in [-0.2, -0.15) is 0 Å². The van der Waals surface area contributed by atoms with Crippen molar-refractivity contribution in [2.24, 2.45) is 5.92 Å². The van der Waals surface area contributed by atoms with Gasteiger partial charge in [0.05, 0.1) is 17.5 Å². The number of nitrogens with one attached hydrogen (secondary N) is 1. The molecule has 0 aromatic carbocycles. The number of carboxylic acid groups (broad SMARTS) is 1. The fourth-order valence-corrected chi connectivity index (χ4v) is 3.03. The fraction of sp³-hybridized carbons (Fsp3) is 0.615. The molecule has 1 aromatic heterocycles. The summed E-state index contributed by atoms with van der Waals surface area (Å²) in [7, 11) is 0. The molecule has 1 fully saturated rings. The van der Waals surface area contributed by atoms with Crippen molar-refractivity contribution in [1.29, 1.82) is 0 Å². The second-order valence-corrected chi connectivity index (χ2v) is 6.26. The predicted molar refractivity (Wildman–Crippen MR) is 75.5 cm³/mol. The molecule has 2 heterocycles. The van der Waals surface area contributed by atoms with Gasteiger partial charge >= 0.3 is 5.97 Å². The lowest BCUT2D eigenvalue weighted by Gasteiger charge is -2.30. The molecule has 7 heteroatoms. The van der Waals surface area contributed by atoms with E-state index in [2.05, 4.69) is 10.3 Å². The first-order chi connectivity index (χ1) is 9.56. The van der Waals surface area contributed by atoms with E-state index in [4.69, 9.17) is 5.11 Å². The van der Waals surface area contributed by atoms with E-state index in [0.29, 0.717) is 32.5 Å². The summed E-state index contributed by atoms with van der Waals surface area (Å²) < 4.78 is 0. The summed E-state index contributed by atoms with van der Waals surface area (Å²) in [5.41, 5.74) is 0.